The normalized spacial score (nSPS) is 10.2. The fraction of sp³-hybridized carbons (Fsp3) is 0.500. The van der Waals surface area contributed by atoms with Crippen LogP contribution in [0.15, 0.2) is 12.1 Å². The second-order valence-corrected chi connectivity index (χ2v) is 3.51. The molecule has 0 fully saturated rings. The Morgan fingerprint density at radius 1 is 1.19 bits per heavy atom. The number of aromatic hydroxyl groups is 1. The zero-order valence-corrected chi connectivity index (χ0v) is 10.0. The summed E-state index contributed by atoms with van der Waals surface area (Å²) in [5, 5.41) is 13.0. The zero-order chi connectivity index (χ0) is 12.0. The van der Waals surface area contributed by atoms with Crippen LogP contribution < -0.4 is 14.8 Å². The van der Waals surface area contributed by atoms with E-state index in [-0.39, 0.29) is 5.75 Å². The molecule has 4 nitrogen and oxygen atoms in total. The third kappa shape index (κ3) is 3.03. The number of methoxy groups -OCH3 is 2. The largest absolute Gasteiger partial charge is 0.507 e. The van der Waals surface area contributed by atoms with E-state index in [0.717, 1.165) is 18.5 Å². The van der Waals surface area contributed by atoms with Gasteiger partial charge in [0.2, 0.25) is 0 Å². The Hall–Kier alpha value is -1.42. The standard InChI is InChI=1S/C12H19NO3/c1-4-5-13-8-9-6-11(15-2)12(16-3)7-10(9)14/h6-7,13-14H,4-5,8H2,1-3H3. The third-order valence-electron chi connectivity index (χ3n) is 2.33. The third-order valence-corrected chi connectivity index (χ3v) is 2.33. The molecule has 0 aliphatic heterocycles. The molecule has 0 atom stereocenters. The molecule has 1 rings (SSSR count). The summed E-state index contributed by atoms with van der Waals surface area (Å²) < 4.78 is 10.3. The van der Waals surface area contributed by atoms with Gasteiger partial charge in [0, 0.05) is 18.2 Å². The molecule has 0 heterocycles. The summed E-state index contributed by atoms with van der Waals surface area (Å²) in [6.45, 7) is 3.65. The summed E-state index contributed by atoms with van der Waals surface area (Å²) in [5.74, 6) is 1.40. The van der Waals surface area contributed by atoms with E-state index in [2.05, 4.69) is 12.2 Å². The molecule has 4 heteroatoms. The smallest absolute Gasteiger partial charge is 0.164 e. The number of phenolic OH excluding ortho intramolecular Hbond substituents is 1. The Labute approximate surface area is 96.2 Å². The lowest BCUT2D eigenvalue weighted by molar-refractivity contribution is 0.350. The van der Waals surface area contributed by atoms with E-state index in [1.807, 2.05) is 0 Å². The van der Waals surface area contributed by atoms with Gasteiger partial charge in [-0.2, -0.15) is 0 Å². The molecule has 0 saturated carbocycles. The molecular formula is C12H19NO3. The monoisotopic (exact) mass is 225 g/mol. The minimum absolute atomic E-state index is 0.223. The molecule has 0 unspecified atom stereocenters. The van der Waals surface area contributed by atoms with Crippen molar-refractivity contribution in [1.82, 2.24) is 5.32 Å². The van der Waals surface area contributed by atoms with E-state index < -0.39 is 0 Å². The Bertz CT molecular complexity index is 339. The lowest BCUT2D eigenvalue weighted by Crippen LogP contribution is -2.14. The predicted octanol–water partition coefficient (Wildman–Crippen LogP) is 1.91. The average molecular weight is 225 g/mol. The highest BCUT2D eigenvalue weighted by atomic mass is 16.5. The molecule has 1 aromatic rings. The van der Waals surface area contributed by atoms with Crippen molar-refractivity contribution < 1.29 is 14.6 Å². The molecule has 16 heavy (non-hydrogen) atoms. The molecule has 0 saturated heterocycles. The second kappa shape index (κ2) is 6.23. The minimum atomic E-state index is 0.223. The highest BCUT2D eigenvalue weighted by molar-refractivity contribution is 5.50. The van der Waals surface area contributed by atoms with Crippen molar-refractivity contribution >= 4 is 0 Å². The molecule has 0 radical (unpaired) electrons. The van der Waals surface area contributed by atoms with E-state index in [1.54, 1.807) is 26.4 Å². The molecule has 0 aromatic heterocycles. The second-order valence-electron chi connectivity index (χ2n) is 3.51. The molecule has 0 amide bonds. The molecule has 90 valence electrons. The first-order valence-corrected chi connectivity index (χ1v) is 5.37. The molecular weight excluding hydrogens is 206 g/mol. The predicted molar refractivity (Wildman–Crippen MR) is 63.2 cm³/mol. The van der Waals surface area contributed by atoms with Crippen LogP contribution in [0.25, 0.3) is 0 Å². The lowest BCUT2D eigenvalue weighted by atomic mass is 10.1. The summed E-state index contributed by atoms with van der Waals surface area (Å²) in [4.78, 5) is 0. The van der Waals surface area contributed by atoms with Crippen LogP contribution in [0.4, 0.5) is 0 Å². The van der Waals surface area contributed by atoms with Crippen molar-refractivity contribution in [2.75, 3.05) is 20.8 Å². The van der Waals surface area contributed by atoms with Gasteiger partial charge in [-0.1, -0.05) is 6.92 Å². The zero-order valence-electron chi connectivity index (χ0n) is 10.0. The van der Waals surface area contributed by atoms with Gasteiger partial charge in [-0.05, 0) is 19.0 Å². The molecule has 0 aliphatic carbocycles. The van der Waals surface area contributed by atoms with Crippen molar-refractivity contribution in [1.29, 1.82) is 0 Å². The van der Waals surface area contributed by atoms with E-state index in [0.29, 0.717) is 18.0 Å². The quantitative estimate of drug-likeness (QED) is 0.726. The maximum atomic E-state index is 9.77. The van der Waals surface area contributed by atoms with E-state index >= 15 is 0 Å². The van der Waals surface area contributed by atoms with Crippen LogP contribution in [0.5, 0.6) is 17.2 Å². The van der Waals surface area contributed by atoms with Gasteiger partial charge in [-0.15, -0.1) is 0 Å². The van der Waals surface area contributed by atoms with Gasteiger partial charge in [0.15, 0.2) is 11.5 Å². The fourth-order valence-corrected chi connectivity index (χ4v) is 1.45. The van der Waals surface area contributed by atoms with Crippen LogP contribution in [0.2, 0.25) is 0 Å². The van der Waals surface area contributed by atoms with Gasteiger partial charge in [0.1, 0.15) is 5.75 Å². The van der Waals surface area contributed by atoms with Crippen LogP contribution in [0.1, 0.15) is 18.9 Å². The van der Waals surface area contributed by atoms with Gasteiger partial charge in [-0.3, -0.25) is 0 Å². The highest BCUT2D eigenvalue weighted by Gasteiger charge is 2.09. The van der Waals surface area contributed by atoms with Crippen molar-refractivity contribution in [3.63, 3.8) is 0 Å². The van der Waals surface area contributed by atoms with Gasteiger partial charge >= 0.3 is 0 Å². The lowest BCUT2D eigenvalue weighted by Gasteiger charge is -2.12. The highest BCUT2D eigenvalue weighted by Crippen LogP contribution is 2.33. The summed E-state index contributed by atoms with van der Waals surface area (Å²) in [6.07, 6.45) is 1.06. The van der Waals surface area contributed by atoms with Crippen molar-refractivity contribution in [3.8, 4) is 17.2 Å². The van der Waals surface area contributed by atoms with Crippen LogP contribution >= 0.6 is 0 Å². The summed E-state index contributed by atoms with van der Waals surface area (Å²) in [6, 6.07) is 3.36. The first-order chi connectivity index (χ1) is 7.72. The van der Waals surface area contributed by atoms with Crippen LogP contribution in [-0.4, -0.2) is 25.9 Å². The maximum absolute atomic E-state index is 9.77. The number of hydrogen-bond acceptors (Lipinski definition) is 4. The average Bonchev–Trinajstić information content (AvgIpc) is 2.31. The van der Waals surface area contributed by atoms with E-state index in [9.17, 15) is 5.11 Å². The minimum Gasteiger partial charge on any atom is -0.507 e. The van der Waals surface area contributed by atoms with Crippen molar-refractivity contribution in [2.45, 2.75) is 19.9 Å². The first-order valence-electron chi connectivity index (χ1n) is 5.37. The molecule has 1 aromatic carbocycles. The maximum Gasteiger partial charge on any atom is 0.164 e. The Morgan fingerprint density at radius 3 is 2.38 bits per heavy atom. The number of rotatable bonds is 6. The van der Waals surface area contributed by atoms with E-state index in [1.165, 1.54) is 0 Å². The van der Waals surface area contributed by atoms with Gasteiger partial charge < -0.3 is 19.9 Å². The fourth-order valence-electron chi connectivity index (χ4n) is 1.45. The number of ether oxygens (including phenoxy) is 2. The van der Waals surface area contributed by atoms with Gasteiger partial charge in [0.05, 0.1) is 14.2 Å². The van der Waals surface area contributed by atoms with E-state index in [4.69, 9.17) is 9.47 Å². The molecule has 2 N–H and O–H groups in total. The van der Waals surface area contributed by atoms with Crippen LogP contribution in [-0.2, 0) is 6.54 Å². The molecule has 0 spiro atoms. The number of phenols is 1. The van der Waals surface area contributed by atoms with Crippen molar-refractivity contribution in [3.05, 3.63) is 17.7 Å². The van der Waals surface area contributed by atoms with Crippen LogP contribution in [0, 0.1) is 0 Å². The van der Waals surface area contributed by atoms with Gasteiger partial charge in [0.25, 0.3) is 0 Å². The molecule has 0 bridgehead atoms. The van der Waals surface area contributed by atoms with Crippen molar-refractivity contribution in [2.24, 2.45) is 0 Å². The number of nitrogens with one attached hydrogen (secondary N) is 1. The SMILES string of the molecule is CCCNCc1cc(OC)c(OC)cc1O. The van der Waals surface area contributed by atoms with Gasteiger partial charge in [-0.25, -0.2) is 0 Å². The Kier molecular flexibility index (Phi) is 4.92. The summed E-state index contributed by atoms with van der Waals surface area (Å²) in [5.41, 5.74) is 0.811. The number of hydrogen-bond donors (Lipinski definition) is 2. The number of benzene rings is 1. The summed E-state index contributed by atoms with van der Waals surface area (Å²) >= 11 is 0. The Balaban J connectivity index is 2.84. The first kappa shape index (κ1) is 12.6. The Morgan fingerprint density at radius 2 is 1.81 bits per heavy atom. The molecule has 0 aliphatic rings. The van der Waals surface area contributed by atoms with Crippen LogP contribution in [0.3, 0.4) is 0 Å². The summed E-state index contributed by atoms with van der Waals surface area (Å²) in [7, 11) is 3.13. The topological polar surface area (TPSA) is 50.7 Å².